The minimum Gasteiger partial charge on any atom is -0.491 e. The number of ether oxygens (including phenoxy) is 1. The number of imide groups is 2. The van der Waals surface area contributed by atoms with Gasteiger partial charge in [0.2, 0.25) is 0 Å². The van der Waals surface area contributed by atoms with Gasteiger partial charge in [-0.15, -0.1) is 23.2 Å². The van der Waals surface area contributed by atoms with Crippen LogP contribution in [0.5, 0.6) is 5.75 Å². The number of benzene rings is 2. The number of aliphatic hydroxyl groups excluding tert-OH is 1. The Bertz CT molecular complexity index is 2050. The average molecular weight is 782 g/mol. The number of amides is 4. The predicted molar refractivity (Wildman–Crippen MR) is 180 cm³/mol. The molecule has 3 heterocycles. The van der Waals surface area contributed by atoms with E-state index >= 15 is 0 Å². The van der Waals surface area contributed by atoms with Crippen LogP contribution in [-0.2, 0) is 25.4 Å². The van der Waals surface area contributed by atoms with Crippen molar-refractivity contribution in [3.05, 3.63) is 94.4 Å². The molecule has 7 rings (SSSR count). The fraction of sp³-hybridized carbons (Fsp3) is 0.343. The lowest BCUT2D eigenvalue weighted by atomic mass is 9.56. The van der Waals surface area contributed by atoms with Crippen LogP contribution < -0.4 is 14.6 Å². The van der Waals surface area contributed by atoms with E-state index in [4.69, 9.17) is 39.5 Å². The van der Waals surface area contributed by atoms with Crippen molar-refractivity contribution in [2.75, 3.05) is 30.2 Å². The number of fused-ring (bicyclic) bond motifs is 4. The van der Waals surface area contributed by atoms with E-state index in [0.717, 1.165) is 28.1 Å². The summed E-state index contributed by atoms with van der Waals surface area (Å²) < 4.78 is 60.5. The topological polar surface area (TPSA) is 120 Å². The number of hydrogen-bond acceptors (Lipinski definition) is 8. The van der Waals surface area contributed by atoms with E-state index in [1.807, 2.05) is 0 Å². The number of alkyl halides is 5. The predicted octanol–water partition coefficient (Wildman–Crippen LogP) is 5.88. The molecular weight excluding hydrogens is 755 g/mol. The van der Waals surface area contributed by atoms with E-state index in [1.165, 1.54) is 19.2 Å². The zero-order valence-corrected chi connectivity index (χ0v) is 29.2. The van der Waals surface area contributed by atoms with E-state index in [-0.39, 0.29) is 36.1 Å². The highest BCUT2D eigenvalue weighted by molar-refractivity contribution is 6.58. The van der Waals surface area contributed by atoms with Crippen LogP contribution in [0.3, 0.4) is 0 Å². The third-order valence-electron chi connectivity index (χ3n) is 10.2. The Morgan fingerprint density at radius 1 is 0.981 bits per heavy atom. The molecular formula is C35H27Cl3F4N4O6. The first-order valence-electron chi connectivity index (χ1n) is 16.0. The molecule has 2 saturated heterocycles. The number of rotatable bonds is 7. The van der Waals surface area contributed by atoms with Gasteiger partial charge in [-0.3, -0.25) is 24.2 Å². The van der Waals surface area contributed by atoms with E-state index in [1.54, 1.807) is 30.3 Å². The van der Waals surface area contributed by atoms with E-state index in [2.05, 4.69) is 4.98 Å². The highest BCUT2D eigenvalue weighted by atomic mass is 35.5. The third-order valence-corrected chi connectivity index (χ3v) is 11.9. The molecule has 2 aliphatic carbocycles. The summed E-state index contributed by atoms with van der Waals surface area (Å²) in [6.07, 6.45) is -3.63. The number of nitrogens with zero attached hydrogens (tertiary/aromatic N) is 4. The Morgan fingerprint density at radius 3 is 2.35 bits per heavy atom. The van der Waals surface area contributed by atoms with Crippen LogP contribution in [0.25, 0.3) is 0 Å². The molecule has 10 nitrogen and oxygen atoms in total. The molecule has 4 aliphatic rings. The molecule has 3 fully saturated rings. The van der Waals surface area contributed by atoms with Gasteiger partial charge in [0.05, 0.1) is 29.2 Å². The fourth-order valence-corrected chi connectivity index (χ4v) is 9.09. The maximum atomic E-state index is 14.6. The molecule has 52 heavy (non-hydrogen) atoms. The number of hydrazine groups is 1. The number of anilines is 2. The molecule has 6 unspecified atom stereocenters. The standard InChI is InChI=1S/C35H27Cl3F4N4O6/c1-44(28-23(36)12-13-25(43-28)35(40,41)42)46-29(48)21-11-10-19-22(26(21)30(46)49)16-33(37)31(50)45(18-8-6-17(39)7-9-18)32(51)34(33,38)27(19)20-4-2-3-5-24(20)52-15-14-47/h2-10,12-13,21-22,26-27,47H,11,14-16H2,1H3. The number of halogens is 7. The van der Waals surface area contributed by atoms with Crippen LogP contribution in [0.4, 0.5) is 29.1 Å². The summed E-state index contributed by atoms with van der Waals surface area (Å²) in [5.41, 5.74) is -0.586. The number of aromatic nitrogens is 1. The van der Waals surface area contributed by atoms with Crippen molar-refractivity contribution in [2.45, 2.75) is 34.7 Å². The van der Waals surface area contributed by atoms with Gasteiger partial charge in [-0.05, 0) is 61.2 Å². The summed E-state index contributed by atoms with van der Waals surface area (Å²) in [7, 11) is 1.18. The maximum Gasteiger partial charge on any atom is 0.433 e. The smallest absolute Gasteiger partial charge is 0.433 e. The molecule has 6 atom stereocenters. The first kappa shape index (κ1) is 36.1. The second kappa shape index (κ2) is 12.7. The molecule has 1 N–H and O–H groups in total. The Labute approximate surface area is 308 Å². The Hall–Kier alpha value is -4.24. The number of carbonyl (C=O) groups excluding carboxylic acids is 4. The summed E-state index contributed by atoms with van der Waals surface area (Å²) in [6, 6.07) is 12.6. The minimum absolute atomic E-state index is 0.00497. The number of aliphatic hydroxyl groups is 1. The van der Waals surface area contributed by atoms with E-state index in [9.17, 15) is 41.8 Å². The van der Waals surface area contributed by atoms with Gasteiger partial charge >= 0.3 is 6.18 Å². The van der Waals surface area contributed by atoms with Gasteiger partial charge in [-0.1, -0.05) is 41.4 Å². The molecule has 2 aliphatic heterocycles. The van der Waals surface area contributed by atoms with Crippen LogP contribution in [0.15, 0.2) is 72.3 Å². The number of allylic oxidation sites excluding steroid dienone is 2. The molecule has 0 bridgehead atoms. The number of para-hydroxylation sites is 1. The Balaban J connectivity index is 1.36. The second-order valence-electron chi connectivity index (χ2n) is 12.9. The van der Waals surface area contributed by atoms with Crippen molar-refractivity contribution < 1.29 is 46.6 Å². The molecule has 1 aromatic heterocycles. The first-order valence-corrected chi connectivity index (χ1v) is 17.1. The molecule has 272 valence electrons. The largest absolute Gasteiger partial charge is 0.491 e. The van der Waals surface area contributed by atoms with Crippen LogP contribution in [0.2, 0.25) is 5.02 Å². The summed E-state index contributed by atoms with van der Waals surface area (Å²) in [4.78, 5) is 57.3. The van der Waals surface area contributed by atoms with Crippen molar-refractivity contribution in [3.8, 4) is 5.75 Å². The van der Waals surface area contributed by atoms with Crippen LogP contribution in [0.1, 0.15) is 30.0 Å². The molecule has 0 radical (unpaired) electrons. The highest BCUT2D eigenvalue weighted by Gasteiger charge is 2.77. The maximum absolute atomic E-state index is 14.6. The fourth-order valence-electron chi connectivity index (χ4n) is 7.94. The molecule has 4 amide bonds. The van der Waals surface area contributed by atoms with E-state index in [0.29, 0.717) is 22.2 Å². The van der Waals surface area contributed by atoms with E-state index < -0.39 is 87.0 Å². The van der Waals surface area contributed by atoms with Crippen LogP contribution >= 0.6 is 34.8 Å². The Kier molecular flexibility index (Phi) is 8.83. The van der Waals surface area contributed by atoms with Crippen molar-refractivity contribution in [3.63, 3.8) is 0 Å². The molecule has 0 spiro atoms. The summed E-state index contributed by atoms with van der Waals surface area (Å²) in [5, 5.41) is 10.8. The van der Waals surface area contributed by atoms with Gasteiger partial charge in [0.1, 0.15) is 23.9 Å². The molecule has 1 saturated carbocycles. The quantitative estimate of drug-likeness (QED) is 0.137. The average Bonchev–Trinajstić information content (AvgIpc) is 3.45. The zero-order chi connectivity index (χ0) is 37.5. The van der Waals surface area contributed by atoms with Crippen molar-refractivity contribution in [1.29, 1.82) is 0 Å². The van der Waals surface area contributed by atoms with Crippen molar-refractivity contribution >= 4 is 69.9 Å². The zero-order valence-electron chi connectivity index (χ0n) is 26.9. The lowest BCUT2D eigenvalue weighted by Gasteiger charge is -2.50. The van der Waals surface area contributed by atoms with Gasteiger partial charge in [-0.2, -0.15) is 18.2 Å². The van der Waals surface area contributed by atoms with Crippen LogP contribution in [-0.4, -0.2) is 68.7 Å². The highest BCUT2D eigenvalue weighted by Crippen LogP contribution is 2.66. The van der Waals surface area contributed by atoms with Gasteiger partial charge in [0.25, 0.3) is 23.6 Å². The lowest BCUT2D eigenvalue weighted by molar-refractivity contribution is -0.141. The minimum atomic E-state index is -4.85. The Morgan fingerprint density at radius 2 is 1.67 bits per heavy atom. The first-order chi connectivity index (χ1) is 24.6. The van der Waals surface area contributed by atoms with Gasteiger partial charge < -0.3 is 9.84 Å². The van der Waals surface area contributed by atoms with Gasteiger partial charge in [-0.25, -0.2) is 14.3 Å². The second-order valence-corrected chi connectivity index (χ2v) is 14.5. The normalized spacial score (nSPS) is 28.4. The number of hydrogen-bond donors (Lipinski definition) is 1. The van der Waals surface area contributed by atoms with Crippen molar-refractivity contribution in [2.24, 2.45) is 17.8 Å². The van der Waals surface area contributed by atoms with Gasteiger partial charge in [0.15, 0.2) is 15.6 Å². The molecule has 3 aromatic rings. The SMILES string of the molecule is CN(c1nc(C(F)(F)F)ccc1Cl)N1C(=O)C2CC=C3C(CC4(Cl)C(=O)N(c5ccc(F)cc5)C(=O)C4(Cl)C3c3ccccc3OCCO)C2C1=O. The monoisotopic (exact) mass is 780 g/mol. The molecule has 17 heteroatoms. The number of pyridine rings is 1. The molecule has 2 aromatic carbocycles. The lowest BCUT2D eigenvalue weighted by Crippen LogP contribution is -2.60. The van der Waals surface area contributed by atoms with Gasteiger partial charge in [0, 0.05) is 18.5 Å². The van der Waals surface area contributed by atoms with Crippen molar-refractivity contribution in [1.82, 2.24) is 9.99 Å². The van der Waals surface area contributed by atoms with Crippen LogP contribution in [0, 0.1) is 23.6 Å². The summed E-state index contributed by atoms with van der Waals surface area (Å²) >= 11 is 21.0. The summed E-state index contributed by atoms with van der Waals surface area (Å²) in [5.74, 6) is -8.83. The number of carbonyl (C=O) groups is 4. The third kappa shape index (κ3) is 5.20. The summed E-state index contributed by atoms with van der Waals surface area (Å²) in [6.45, 7) is -0.507.